The molecule has 1 aromatic rings. The Morgan fingerprint density at radius 1 is 1.30 bits per heavy atom. The van der Waals surface area contributed by atoms with Crippen molar-refractivity contribution >= 4 is 34.0 Å². The van der Waals surface area contributed by atoms with Gasteiger partial charge < -0.3 is 11.1 Å². The van der Waals surface area contributed by atoms with Crippen molar-refractivity contribution in [1.29, 1.82) is 0 Å². The molecule has 0 aromatic heterocycles. The Hall–Kier alpha value is -1.15. The summed E-state index contributed by atoms with van der Waals surface area (Å²) in [5, 5.41) is 7.78. The number of sulfonamides is 1. The van der Waals surface area contributed by atoms with Gasteiger partial charge in [0.05, 0.1) is 4.90 Å². The third-order valence-corrected chi connectivity index (χ3v) is 3.74. The van der Waals surface area contributed by atoms with Gasteiger partial charge >= 0.3 is 0 Å². The molecule has 114 valence electrons. The zero-order valence-corrected chi connectivity index (χ0v) is 13.1. The number of halogens is 1. The van der Waals surface area contributed by atoms with Crippen LogP contribution in [-0.4, -0.2) is 20.9 Å². The van der Waals surface area contributed by atoms with Crippen molar-refractivity contribution in [3.8, 4) is 0 Å². The summed E-state index contributed by atoms with van der Waals surface area (Å²) >= 11 is 0. The Morgan fingerprint density at radius 3 is 2.40 bits per heavy atom. The number of hydrogen-bond donors (Lipinski definition) is 3. The molecule has 0 fully saturated rings. The van der Waals surface area contributed by atoms with Crippen LogP contribution >= 0.6 is 12.4 Å². The number of amides is 1. The van der Waals surface area contributed by atoms with Crippen molar-refractivity contribution in [2.24, 2.45) is 10.9 Å². The van der Waals surface area contributed by atoms with Gasteiger partial charge in [-0.25, -0.2) is 13.6 Å². The topological polar surface area (TPSA) is 115 Å². The molecule has 0 spiro atoms. The zero-order chi connectivity index (χ0) is 14.6. The highest BCUT2D eigenvalue weighted by Crippen LogP contribution is 2.23. The van der Waals surface area contributed by atoms with Crippen LogP contribution in [0.2, 0.25) is 0 Å². The number of benzene rings is 1. The van der Waals surface area contributed by atoms with Gasteiger partial charge in [-0.15, -0.1) is 12.4 Å². The maximum atomic E-state index is 11.6. The first kappa shape index (κ1) is 18.9. The van der Waals surface area contributed by atoms with E-state index >= 15 is 0 Å². The van der Waals surface area contributed by atoms with Crippen molar-refractivity contribution < 1.29 is 13.2 Å². The molecule has 0 saturated heterocycles. The van der Waals surface area contributed by atoms with E-state index < -0.39 is 10.0 Å². The molecular weight excluding hydrogens is 302 g/mol. The van der Waals surface area contributed by atoms with Gasteiger partial charge in [-0.05, 0) is 50.1 Å². The molecule has 0 radical (unpaired) electrons. The fraction of sp³-hybridized carbons (Fsp3) is 0.417. The van der Waals surface area contributed by atoms with Crippen molar-refractivity contribution in [2.75, 3.05) is 11.9 Å². The van der Waals surface area contributed by atoms with E-state index in [-0.39, 0.29) is 23.2 Å². The number of rotatable bonds is 5. The maximum absolute atomic E-state index is 11.6. The predicted octanol–water partition coefficient (Wildman–Crippen LogP) is 1.05. The molecule has 8 heteroatoms. The van der Waals surface area contributed by atoms with Crippen LogP contribution in [0.4, 0.5) is 5.69 Å². The summed E-state index contributed by atoms with van der Waals surface area (Å²) in [6, 6.07) is 2.86. The molecule has 1 aromatic carbocycles. The van der Waals surface area contributed by atoms with E-state index in [2.05, 4.69) is 5.32 Å². The Bertz CT molecular complexity index is 588. The summed E-state index contributed by atoms with van der Waals surface area (Å²) < 4.78 is 22.7. The number of nitrogens with two attached hydrogens (primary N) is 2. The molecule has 0 aliphatic heterocycles. The number of primary sulfonamides is 1. The molecular formula is C12H20ClN3O3S. The van der Waals surface area contributed by atoms with Gasteiger partial charge in [0.1, 0.15) is 0 Å². The van der Waals surface area contributed by atoms with Crippen LogP contribution in [0.5, 0.6) is 0 Å². The summed E-state index contributed by atoms with van der Waals surface area (Å²) in [6.07, 6.45) is 0.882. The minimum atomic E-state index is -3.79. The van der Waals surface area contributed by atoms with Crippen LogP contribution in [-0.2, 0) is 14.8 Å². The standard InChI is InChI=1S/C12H19N3O3S.ClH/c1-8-6-10(19(14,17)18)7-11(9(8)2)15-12(16)4-3-5-13;/h6-7H,3-5,13H2,1-2H3,(H,15,16)(H2,14,17,18);1H. The number of carbonyl (C=O) groups is 1. The maximum Gasteiger partial charge on any atom is 0.238 e. The summed E-state index contributed by atoms with van der Waals surface area (Å²) in [5.41, 5.74) is 7.36. The average molecular weight is 322 g/mol. The highest BCUT2D eigenvalue weighted by atomic mass is 35.5. The van der Waals surface area contributed by atoms with Crippen LogP contribution in [0.25, 0.3) is 0 Å². The van der Waals surface area contributed by atoms with E-state index in [1.165, 1.54) is 12.1 Å². The number of anilines is 1. The zero-order valence-electron chi connectivity index (χ0n) is 11.5. The van der Waals surface area contributed by atoms with E-state index in [9.17, 15) is 13.2 Å². The van der Waals surface area contributed by atoms with E-state index in [1.807, 2.05) is 0 Å². The molecule has 0 bridgehead atoms. The highest BCUT2D eigenvalue weighted by molar-refractivity contribution is 7.89. The van der Waals surface area contributed by atoms with Gasteiger partial charge in [0, 0.05) is 12.1 Å². The molecule has 0 aliphatic rings. The van der Waals surface area contributed by atoms with Crippen LogP contribution in [0.15, 0.2) is 17.0 Å². The number of nitrogens with one attached hydrogen (secondary N) is 1. The van der Waals surface area contributed by atoms with Crippen LogP contribution in [0.1, 0.15) is 24.0 Å². The normalized spacial score (nSPS) is 10.8. The van der Waals surface area contributed by atoms with Crippen LogP contribution < -0.4 is 16.2 Å². The van der Waals surface area contributed by atoms with Gasteiger partial charge in [0.2, 0.25) is 15.9 Å². The summed E-state index contributed by atoms with van der Waals surface area (Å²) in [5.74, 6) is -0.195. The molecule has 5 N–H and O–H groups in total. The molecule has 0 aliphatic carbocycles. The van der Waals surface area contributed by atoms with Crippen molar-refractivity contribution in [3.63, 3.8) is 0 Å². The average Bonchev–Trinajstić information content (AvgIpc) is 2.30. The van der Waals surface area contributed by atoms with E-state index in [0.717, 1.165) is 11.1 Å². The van der Waals surface area contributed by atoms with Crippen molar-refractivity contribution in [1.82, 2.24) is 0 Å². The minimum Gasteiger partial charge on any atom is -0.330 e. The molecule has 1 amide bonds. The number of carbonyl (C=O) groups excluding carboxylic acids is 1. The molecule has 0 atom stereocenters. The first-order valence-corrected chi connectivity index (χ1v) is 7.44. The van der Waals surface area contributed by atoms with Gasteiger partial charge in [-0.3, -0.25) is 4.79 Å². The molecule has 0 unspecified atom stereocenters. The molecule has 20 heavy (non-hydrogen) atoms. The second kappa shape index (κ2) is 7.58. The van der Waals surface area contributed by atoms with E-state index in [0.29, 0.717) is 25.1 Å². The third-order valence-electron chi connectivity index (χ3n) is 2.85. The lowest BCUT2D eigenvalue weighted by atomic mass is 10.1. The first-order chi connectivity index (χ1) is 8.75. The van der Waals surface area contributed by atoms with Gasteiger partial charge in [0.25, 0.3) is 0 Å². The summed E-state index contributed by atoms with van der Waals surface area (Å²) in [7, 11) is -3.79. The van der Waals surface area contributed by atoms with Crippen molar-refractivity contribution in [3.05, 3.63) is 23.3 Å². The van der Waals surface area contributed by atoms with E-state index in [4.69, 9.17) is 10.9 Å². The second-order valence-corrected chi connectivity index (χ2v) is 5.96. The quantitative estimate of drug-likeness (QED) is 0.751. The number of aryl methyl sites for hydroxylation is 1. The highest BCUT2D eigenvalue weighted by Gasteiger charge is 2.13. The monoisotopic (exact) mass is 321 g/mol. The predicted molar refractivity (Wildman–Crippen MR) is 81.5 cm³/mol. The Balaban J connectivity index is 0.00000361. The summed E-state index contributed by atoms with van der Waals surface area (Å²) in [4.78, 5) is 11.6. The fourth-order valence-corrected chi connectivity index (χ4v) is 2.22. The van der Waals surface area contributed by atoms with Crippen LogP contribution in [0, 0.1) is 13.8 Å². The molecule has 6 nitrogen and oxygen atoms in total. The summed E-state index contributed by atoms with van der Waals surface area (Å²) in [6.45, 7) is 4.00. The lowest BCUT2D eigenvalue weighted by Crippen LogP contribution is -2.17. The van der Waals surface area contributed by atoms with Gasteiger partial charge in [-0.2, -0.15) is 0 Å². The second-order valence-electron chi connectivity index (χ2n) is 4.40. The molecule has 0 heterocycles. The van der Waals surface area contributed by atoms with E-state index in [1.54, 1.807) is 13.8 Å². The lowest BCUT2D eigenvalue weighted by Gasteiger charge is -2.12. The first-order valence-electron chi connectivity index (χ1n) is 5.89. The lowest BCUT2D eigenvalue weighted by molar-refractivity contribution is -0.116. The smallest absolute Gasteiger partial charge is 0.238 e. The Morgan fingerprint density at radius 2 is 1.90 bits per heavy atom. The van der Waals surface area contributed by atoms with Gasteiger partial charge in [-0.1, -0.05) is 0 Å². The Labute approximate surface area is 125 Å². The molecule has 1 rings (SSSR count). The van der Waals surface area contributed by atoms with Gasteiger partial charge in [0.15, 0.2) is 0 Å². The Kier molecular flexibility index (Phi) is 7.15. The fourth-order valence-electron chi connectivity index (χ4n) is 1.60. The third kappa shape index (κ3) is 5.09. The SMILES string of the molecule is Cc1cc(S(N)(=O)=O)cc(NC(=O)CCCN)c1C.Cl. The van der Waals surface area contributed by atoms with Crippen LogP contribution in [0.3, 0.4) is 0 Å². The number of hydrogen-bond acceptors (Lipinski definition) is 4. The largest absolute Gasteiger partial charge is 0.330 e. The minimum absolute atomic E-state index is 0. The molecule has 0 saturated carbocycles. The van der Waals surface area contributed by atoms with Crippen molar-refractivity contribution in [2.45, 2.75) is 31.6 Å².